The van der Waals surface area contributed by atoms with Crippen molar-refractivity contribution in [2.75, 3.05) is 0 Å². The van der Waals surface area contributed by atoms with Gasteiger partial charge in [-0.05, 0) is 0 Å². The first-order valence-corrected chi connectivity index (χ1v) is 1.04. The van der Waals surface area contributed by atoms with Crippen LogP contribution in [0.5, 0.6) is 0 Å². The Morgan fingerprint density at radius 1 is 1.80 bits per heavy atom. The molecule has 0 aromatic rings. The summed E-state index contributed by atoms with van der Waals surface area (Å²) in [6.07, 6.45) is 0. The van der Waals surface area contributed by atoms with Gasteiger partial charge in [0.2, 0.25) is 0 Å². The van der Waals surface area contributed by atoms with E-state index >= 15 is 0 Å². The summed E-state index contributed by atoms with van der Waals surface area (Å²) in [6.45, 7) is 0. The van der Waals surface area contributed by atoms with Gasteiger partial charge < -0.3 is 0 Å². The predicted octanol–water partition coefficient (Wildman–Crippen LogP) is -1.33. The third-order valence-electron chi connectivity index (χ3n) is 0.134. The van der Waals surface area contributed by atoms with E-state index in [-0.39, 0.29) is 7.35 Å². The molecule has 21 valence electrons. The standard InChI is InChI=1S/B3O2/c1-2-5-3-4. The monoisotopic (exact) mass is 65.0 g/mol. The molecule has 0 aliphatic carbocycles. The summed E-state index contributed by atoms with van der Waals surface area (Å²) in [7, 11) is 5.62. The molecule has 5 heteroatoms. The zero-order valence-corrected chi connectivity index (χ0v) is 2.55. The first-order chi connectivity index (χ1) is 2.41. The summed E-state index contributed by atoms with van der Waals surface area (Å²) in [5.41, 5.74) is 0. The fourth-order valence-electron chi connectivity index (χ4n) is 0.0321. The SMILES string of the molecule is [B]=BOB=O. The van der Waals surface area contributed by atoms with Crippen molar-refractivity contribution in [2.45, 2.75) is 0 Å². The molecule has 0 N–H and O–H groups in total. The molecular formula is B3O2. The van der Waals surface area contributed by atoms with Crippen LogP contribution in [0.4, 0.5) is 0 Å². The first-order valence-electron chi connectivity index (χ1n) is 1.04. The van der Waals surface area contributed by atoms with Gasteiger partial charge in [0.25, 0.3) is 0 Å². The molecule has 0 spiro atoms. The van der Waals surface area contributed by atoms with E-state index in [1.54, 1.807) is 0 Å². The molecule has 0 atom stereocenters. The molecule has 0 aliphatic rings. The van der Waals surface area contributed by atoms with Crippen molar-refractivity contribution in [1.82, 2.24) is 0 Å². The molecule has 0 saturated carbocycles. The fraction of sp³-hybridized carbons (Fsp3) is 0. The number of hydrogen-bond donors (Lipinski definition) is 0. The summed E-state index contributed by atoms with van der Waals surface area (Å²) < 4.78 is 12.9. The van der Waals surface area contributed by atoms with Crippen molar-refractivity contribution in [3.63, 3.8) is 0 Å². The topological polar surface area (TPSA) is 26.3 Å². The van der Waals surface area contributed by atoms with Gasteiger partial charge in [-0.15, -0.1) is 0 Å². The van der Waals surface area contributed by atoms with Crippen LogP contribution >= 0.6 is 0 Å². The molecule has 5 heavy (non-hydrogen) atoms. The van der Waals surface area contributed by atoms with Crippen molar-refractivity contribution in [3.8, 4) is 0 Å². The number of hydrogen-bond acceptors (Lipinski definition) is 2. The van der Waals surface area contributed by atoms with Gasteiger partial charge in [-0.1, -0.05) is 0 Å². The molecule has 0 aliphatic heterocycles. The molecule has 0 fully saturated rings. The van der Waals surface area contributed by atoms with Gasteiger partial charge >= 0.3 is 31.0 Å². The van der Waals surface area contributed by atoms with Crippen molar-refractivity contribution in [3.05, 3.63) is 0 Å². The van der Waals surface area contributed by atoms with E-state index in [1.165, 1.54) is 0 Å². The average Bonchev–Trinajstić information content (AvgIpc) is 1.41. The van der Waals surface area contributed by atoms with Crippen LogP contribution in [0.15, 0.2) is 0 Å². The number of rotatable bonds is 2. The second-order valence-corrected chi connectivity index (χ2v) is 0.368. The van der Waals surface area contributed by atoms with Crippen LogP contribution in [0.3, 0.4) is 0 Å². The Balaban J connectivity index is 2.65. The van der Waals surface area contributed by atoms with E-state index in [1.807, 2.05) is 0 Å². The van der Waals surface area contributed by atoms with Gasteiger partial charge in [-0.25, -0.2) is 0 Å². The van der Waals surface area contributed by atoms with Gasteiger partial charge in [0.05, 0.1) is 0 Å². The Bertz CT molecular complexity index is 34.2. The molecule has 1 radical (unpaired) electrons. The van der Waals surface area contributed by atoms with E-state index in [2.05, 4.69) is 11.9 Å². The van der Waals surface area contributed by atoms with Gasteiger partial charge in [-0.2, -0.15) is 0 Å². The van der Waals surface area contributed by atoms with E-state index in [0.717, 1.165) is 7.00 Å². The zero-order valence-electron chi connectivity index (χ0n) is 2.55. The maximum absolute atomic E-state index is 9.07. The summed E-state index contributed by atoms with van der Waals surface area (Å²) in [4.78, 5) is 0. The molecule has 0 unspecified atom stereocenters. The molecule has 0 aromatic carbocycles. The van der Waals surface area contributed by atoms with Gasteiger partial charge in [0.1, 0.15) is 0 Å². The van der Waals surface area contributed by atoms with Crippen molar-refractivity contribution in [1.29, 1.82) is 0 Å². The predicted molar refractivity (Wildman–Crippen MR) is 19.0 cm³/mol. The normalized spacial score (nSPS) is 3.80. The third-order valence-corrected chi connectivity index (χ3v) is 0.134. The average molecular weight is 64.4 g/mol. The molecule has 0 rings (SSSR count). The van der Waals surface area contributed by atoms with Crippen molar-refractivity contribution < 1.29 is 9.28 Å². The molecule has 0 saturated heterocycles. The Hall–Kier alpha value is -0.205. The van der Waals surface area contributed by atoms with Crippen LogP contribution in [0.2, 0.25) is 0 Å². The van der Waals surface area contributed by atoms with E-state index in [0.29, 0.717) is 0 Å². The molecule has 0 amide bonds. The minimum absolute atomic E-state index is 0.250. The van der Waals surface area contributed by atoms with Crippen LogP contribution in [0.25, 0.3) is 0 Å². The van der Waals surface area contributed by atoms with E-state index in [9.17, 15) is 0 Å². The zero-order chi connectivity index (χ0) is 4.12. The van der Waals surface area contributed by atoms with Crippen LogP contribution in [-0.4, -0.2) is 21.7 Å². The maximum atomic E-state index is 9.07. The summed E-state index contributed by atoms with van der Waals surface area (Å²) in [5, 5.41) is 0. The molecule has 0 bridgehead atoms. The van der Waals surface area contributed by atoms with Crippen LogP contribution in [-0.2, 0) is 9.28 Å². The summed E-state index contributed by atoms with van der Waals surface area (Å²) in [5.74, 6) is 0. The Labute approximate surface area is 32.1 Å². The van der Waals surface area contributed by atoms with E-state index in [4.69, 9.17) is 4.70 Å². The Morgan fingerprint density at radius 3 is 2.40 bits per heavy atom. The van der Waals surface area contributed by atoms with Crippen molar-refractivity contribution in [2.24, 2.45) is 0 Å². The van der Waals surface area contributed by atoms with Gasteiger partial charge in [-0.3, -0.25) is 0 Å². The Kier molecular flexibility index (Phi) is 3.64. The van der Waals surface area contributed by atoms with Crippen LogP contribution in [0, 0.1) is 0 Å². The molecule has 0 aromatic heterocycles. The van der Waals surface area contributed by atoms with Crippen LogP contribution < -0.4 is 0 Å². The molecule has 0 heterocycles. The quantitative estimate of drug-likeness (QED) is 0.372. The first kappa shape index (κ1) is 4.79. The Morgan fingerprint density at radius 2 is 2.40 bits per heavy atom. The van der Waals surface area contributed by atoms with Crippen molar-refractivity contribution >= 4 is 21.7 Å². The molecular weight excluding hydrogens is 64.4 g/mol. The van der Waals surface area contributed by atoms with E-state index < -0.39 is 0 Å². The fourth-order valence-corrected chi connectivity index (χ4v) is 0.0321. The second-order valence-electron chi connectivity index (χ2n) is 0.368. The van der Waals surface area contributed by atoms with Gasteiger partial charge in [0.15, 0.2) is 0 Å². The van der Waals surface area contributed by atoms with Crippen LogP contribution in [0.1, 0.15) is 0 Å². The van der Waals surface area contributed by atoms with Gasteiger partial charge in [0, 0.05) is 0 Å². The third kappa shape index (κ3) is 3.79. The molecule has 2 nitrogen and oxygen atoms in total. The summed E-state index contributed by atoms with van der Waals surface area (Å²) in [6, 6.07) is 0. The minimum atomic E-state index is 0.250. The summed E-state index contributed by atoms with van der Waals surface area (Å²) >= 11 is 0. The second kappa shape index (κ2) is 3.79.